The number of rotatable bonds is 4. The first-order valence-electron chi connectivity index (χ1n) is 5.20. The molecule has 7 heteroatoms. The summed E-state index contributed by atoms with van der Waals surface area (Å²) in [5.41, 5.74) is -0.0497. The molecule has 18 heavy (non-hydrogen) atoms. The van der Waals surface area contributed by atoms with E-state index in [0.717, 1.165) is 4.90 Å². The predicted molar refractivity (Wildman–Crippen MR) is 68.1 cm³/mol. The second-order valence-electron chi connectivity index (χ2n) is 3.64. The fourth-order valence-electron chi connectivity index (χ4n) is 1.49. The van der Waals surface area contributed by atoms with Crippen LogP contribution in [0.4, 0.5) is 0 Å². The Morgan fingerprint density at radius 2 is 2.06 bits per heavy atom. The van der Waals surface area contributed by atoms with E-state index in [1.165, 1.54) is 19.2 Å². The molecule has 1 unspecified atom stereocenters. The normalized spacial score (nSPS) is 12.0. The quantitative estimate of drug-likeness (QED) is 0.864. The van der Waals surface area contributed by atoms with Gasteiger partial charge in [0.25, 0.3) is 5.91 Å². The summed E-state index contributed by atoms with van der Waals surface area (Å²) in [6.45, 7) is 1.68. The highest BCUT2D eigenvalue weighted by molar-refractivity contribution is 6.34. The third-order valence-corrected chi connectivity index (χ3v) is 2.99. The molecular formula is C11H12Cl2N2O3. The average Bonchev–Trinajstić information content (AvgIpc) is 2.31. The summed E-state index contributed by atoms with van der Waals surface area (Å²) in [6, 6.07) is 1.98. The first kappa shape index (κ1) is 14.7. The molecule has 1 rings (SSSR count). The maximum atomic E-state index is 12.1. The molecule has 98 valence electrons. The van der Waals surface area contributed by atoms with Crippen molar-refractivity contribution in [1.82, 2.24) is 9.88 Å². The third-order valence-electron chi connectivity index (χ3n) is 2.47. The number of carboxylic acid groups (broad SMARTS) is 1. The van der Waals surface area contributed by atoms with Gasteiger partial charge in [-0.3, -0.25) is 4.79 Å². The van der Waals surface area contributed by atoms with Crippen molar-refractivity contribution in [2.75, 3.05) is 7.05 Å². The van der Waals surface area contributed by atoms with Crippen LogP contribution in [0.2, 0.25) is 10.2 Å². The van der Waals surface area contributed by atoms with Gasteiger partial charge in [0.2, 0.25) is 0 Å². The highest BCUT2D eigenvalue weighted by atomic mass is 35.5. The Morgan fingerprint density at radius 3 is 2.56 bits per heavy atom. The van der Waals surface area contributed by atoms with Crippen molar-refractivity contribution in [3.63, 3.8) is 0 Å². The monoisotopic (exact) mass is 290 g/mol. The number of hydrogen-bond acceptors (Lipinski definition) is 3. The van der Waals surface area contributed by atoms with Crippen LogP contribution in [0.15, 0.2) is 12.1 Å². The van der Waals surface area contributed by atoms with E-state index >= 15 is 0 Å². The molecule has 5 nitrogen and oxygen atoms in total. The molecule has 0 spiro atoms. The number of aromatic nitrogens is 1. The number of nitrogens with zero attached hydrogens (tertiary/aromatic N) is 2. The number of amides is 1. The lowest BCUT2D eigenvalue weighted by molar-refractivity contribution is -0.142. The molecular weight excluding hydrogens is 279 g/mol. The number of likely N-dealkylation sites (N-methyl/N-ethyl adjacent to an activating group) is 1. The van der Waals surface area contributed by atoms with Gasteiger partial charge in [-0.05, 0) is 18.6 Å². The highest BCUT2D eigenvalue weighted by Crippen LogP contribution is 2.19. The standard InChI is InChI=1S/C11H12Cl2N2O3/c1-3-7(11(17)18)15(2)10(16)9-6(12)4-5-8(13)14-9/h4-5,7H,3H2,1-2H3,(H,17,18). The largest absolute Gasteiger partial charge is 0.480 e. The van der Waals surface area contributed by atoms with Gasteiger partial charge in [-0.2, -0.15) is 0 Å². The zero-order valence-corrected chi connectivity index (χ0v) is 11.4. The van der Waals surface area contributed by atoms with Crippen molar-refractivity contribution in [3.8, 4) is 0 Å². The molecule has 1 atom stereocenters. The van der Waals surface area contributed by atoms with E-state index in [1.807, 2.05) is 0 Å². The molecule has 0 bridgehead atoms. The third kappa shape index (κ3) is 3.11. The molecule has 1 aromatic heterocycles. The number of carboxylic acids is 1. The Kier molecular flexibility index (Phi) is 4.93. The lowest BCUT2D eigenvalue weighted by atomic mass is 10.2. The number of carbonyl (C=O) groups is 2. The fraction of sp³-hybridized carbons (Fsp3) is 0.364. The van der Waals surface area contributed by atoms with Crippen LogP contribution in [-0.2, 0) is 4.79 Å². The molecule has 0 aromatic carbocycles. The molecule has 0 fully saturated rings. The van der Waals surface area contributed by atoms with E-state index in [9.17, 15) is 9.59 Å². The zero-order valence-electron chi connectivity index (χ0n) is 9.85. The second kappa shape index (κ2) is 6.02. The van der Waals surface area contributed by atoms with Crippen LogP contribution in [0.25, 0.3) is 0 Å². The topological polar surface area (TPSA) is 70.5 Å². The molecule has 0 saturated carbocycles. The lowest BCUT2D eigenvalue weighted by Gasteiger charge is -2.23. The van der Waals surface area contributed by atoms with Crippen LogP contribution in [0.1, 0.15) is 23.8 Å². The first-order chi connectivity index (χ1) is 8.38. The van der Waals surface area contributed by atoms with Gasteiger partial charge in [-0.1, -0.05) is 30.1 Å². The minimum Gasteiger partial charge on any atom is -0.480 e. The minimum atomic E-state index is -1.08. The molecule has 0 aliphatic carbocycles. The van der Waals surface area contributed by atoms with Crippen LogP contribution in [0.3, 0.4) is 0 Å². The van der Waals surface area contributed by atoms with E-state index < -0.39 is 17.9 Å². The van der Waals surface area contributed by atoms with E-state index in [2.05, 4.69) is 4.98 Å². The van der Waals surface area contributed by atoms with Gasteiger partial charge in [0.1, 0.15) is 16.9 Å². The second-order valence-corrected chi connectivity index (χ2v) is 4.44. The van der Waals surface area contributed by atoms with Crippen LogP contribution < -0.4 is 0 Å². The Balaban J connectivity index is 3.06. The molecule has 1 N–H and O–H groups in total. The van der Waals surface area contributed by atoms with E-state index in [0.29, 0.717) is 0 Å². The van der Waals surface area contributed by atoms with Crippen LogP contribution in [0.5, 0.6) is 0 Å². The average molecular weight is 291 g/mol. The summed E-state index contributed by atoms with van der Waals surface area (Å²) in [5.74, 6) is -1.65. The van der Waals surface area contributed by atoms with E-state index in [-0.39, 0.29) is 22.3 Å². The highest BCUT2D eigenvalue weighted by Gasteiger charge is 2.27. The van der Waals surface area contributed by atoms with Gasteiger partial charge < -0.3 is 10.0 Å². The van der Waals surface area contributed by atoms with Gasteiger partial charge in [0.15, 0.2) is 0 Å². The fourth-order valence-corrected chi connectivity index (χ4v) is 1.82. The van der Waals surface area contributed by atoms with Gasteiger partial charge in [0, 0.05) is 7.05 Å². The Morgan fingerprint density at radius 1 is 1.44 bits per heavy atom. The SMILES string of the molecule is CCC(C(=O)O)N(C)C(=O)c1nc(Cl)ccc1Cl. The molecule has 1 heterocycles. The van der Waals surface area contributed by atoms with Crippen LogP contribution >= 0.6 is 23.2 Å². The summed E-state index contributed by atoms with van der Waals surface area (Å²) < 4.78 is 0. The van der Waals surface area contributed by atoms with Crippen molar-refractivity contribution in [3.05, 3.63) is 28.0 Å². The smallest absolute Gasteiger partial charge is 0.326 e. The van der Waals surface area contributed by atoms with Gasteiger partial charge in [0.05, 0.1) is 5.02 Å². The molecule has 1 aromatic rings. The predicted octanol–water partition coefficient (Wildman–Crippen LogP) is 2.32. The van der Waals surface area contributed by atoms with Crippen molar-refractivity contribution < 1.29 is 14.7 Å². The lowest BCUT2D eigenvalue weighted by Crippen LogP contribution is -2.42. The molecule has 0 radical (unpaired) electrons. The Hall–Kier alpha value is -1.33. The van der Waals surface area contributed by atoms with Crippen LogP contribution in [-0.4, -0.2) is 40.0 Å². The number of pyridine rings is 1. The maximum absolute atomic E-state index is 12.1. The maximum Gasteiger partial charge on any atom is 0.326 e. The summed E-state index contributed by atoms with van der Waals surface area (Å²) >= 11 is 11.5. The first-order valence-corrected chi connectivity index (χ1v) is 5.96. The summed E-state index contributed by atoms with van der Waals surface area (Å²) in [4.78, 5) is 28.0. The number of aliphatic carboxylic acids is 1. The molecule has 0 saturated heterocycles. The minimum absolute atomic E-state index is 0.0497. The zero-order chi connectivity index (χ0) is 13.9. The van der Waals surface area contributed by atoms with Gasteiger partial charge in [-0.25, -0.2) is 9.78 Å². The van der Waals surface area contributed by atoms with E-state index in [4.69, 9.17) is 28.3 Å². The van der Waals surface area contributed by atoms with Gasteiger partial charge in [-0.15, -0.1) is 0 Å². The Labute approximate surface area is 114 Å². The summed E-state index contributed by atoms with van der Waals surface area (Å²) in [7, 11) is 1.39. The van der Waals surface area contributed by atoms with Crippen LogP contribution in [0, 0.1) is 0 Å². The number of hydrogen-bond donors (Lipinski definition) is 1. The Bertz CT molecular complexity index is 479. The van der Waals surface area contributed by atoms with Crippen molar-refractivity contribution in [2.24, 2.45) is 0 Å². The number of carbonyl (C=O) groups excluding carboxylic acids is 1. The van der Waals surface area contributed by atoms with Crippen molar-refractivity contribution >= 4 is 35.1 Å². The van der Waals surface area contributed by atoms with Gasteiger partial charge >= 0.3 is 5.97 Å². The van der Waals surface area contributed by atoms with E-state index in [1.54, 1.807) is 6.92 Å². The number of halogens is 2. The van der Waals surface area contributed by atoms with Crippen molar-refractivity contribution in [2.45, 2.75) is 19.4 Å². The molecule has 1 amide bonds. The summed E-state index contributed by atoms with van der Waals surface area (Å²) in [6.07, 6.45) is 0.287. The summed E-state index contributed by atoms with van der Waals surface area (Å²) in [5, 5.41) is 9.25. The molecule has 0 aliphatic rings. The molecule has 0 aliphatic heterocycles. The van der Waals surface area contributed by atoms with Crippen molar-refractivity contribution in [1.29, 1.82) is 0 Å².